The summed E-state index contributed by atoms with van der Waals surface area (Å²) < 4.78 is 2.41. The van der Waals surface area contributed by atoms with E-state index in [1.165, 1.54) is 0 Å². The SMILES string of the molecule is CC(C)N([Si]CCl)C(C)C. The van der Waals surface area contributed by atoms with Crippen LogP contribution in [0.25, 0.3) is 0 Å². The highest BCUT2D eigenvalue weighted by molar-refractivity contribution is 6.48. The van der Waals surface area contributed by atoms with Crippen molar-refractivity contribution in [2.45, 2.75) is 39.8 Å². The first-order valence-corrected chi connectivity index (χ1v) is 5.36. The first kappa shape index (κ1) is 10.5. The van der Waals surface area contributed by atoms with Crippen molar-refractivity contribution < 1.29 is 0 Å². The van der Waals surface area contributed by atoms with E-state index in [0.29, 0.717) is 12.1 Å². The van der Waals surface area contributed by atoms with Gasteiger partial charge in [0, 0.05) is 5.50 Å². The Hall–Kier alpha value is 0.467. The molecule has 0 unspecified atom stereocenters. The fourth-order valence-corrected chi connectivity index (χ4v) is 2.31. The Morgan fingerprint density at radius 3 is 1.70 bits per heavy atom. The molecule has 10 heavy (non-hydrogen) atoms. The minimum Gasteiger partial charge on any atom is -0.320 e. The van der Waals surface area contributed by atoms with Gasteiger partial charge in [-0.1, -0.05) is 27.7 Å². The highest BCUT2D eigenvalue weighted by Gasteiger charge is 2.12. The number of hydrogen-bond donors (Lipinski definition) is 0. The minimum atomic E-state index is 0.622. The van der Waals surface area contributed by atoms with Crippen LogP contribution in [0.5, 0.6) is 0 Å². The number of nitrogens with zero attached hydrogens (tertiary/aromatic N) is 1. The zero-order chi connectivity index (χ0) is 8.15. The molecule has 0 saturated carbocycles. The van der Waals surface area contributed by atoms with Gasteiger partial charge in [-0.3, -0.25) is 0 Å². The Kier molecular flexibility index (Phi) is 5.40. The molecule has 0 bridgehead atoms. The third-order valence-corrected chi connectivity index (χ3v) is 3.23. The highest BCUT2D eigenvalue weighted by atomic mass is 35.5. The zero-order valence-corrected chi connectivity index (χ0v) is 8.94. The molecule has 0 aliphatic heterocycles. The maximum Gasteiger partial charge on any atom is 0.159 e. The molecule has 0 aromatic carbocycles. The van der Waals surface area contributed by atoms with Gasteiger partial charge in [0.05, 0.1) is 0 Å². The van der Waals surface area contributed by atoms with E-state index in [2.05, 4.69) is 32.3 Å². The smallest absolute Gasteiger partial charge is 0.159 e. The lowest BCUT2D eigenvalue weighted by atomic mass is 10.3. The molecule has 0 heterocycles. The average Bonchev–Trinajstić information content (AvgIpc) is 1.81. The summed E-state index contributed by atoms with van der Waals surface area (Å²) in [7, 11) is 0.765. The lowest BCUT2D eigenvalue weighted by Crippen LogP contribution is -2.40. The molecule has 0 amide bonds. The van der Waals surface area contributed by atoms with Gasteiger partial charge in [-0.05, 0) is 12.1 Å². The zero-order valence-electron chi connectivity index (χ0n) is 7.19. The molecule has 0 atom stereocenters. The Balaban J connectivity index is 3.73. The summed E-state index contributed by atoms with van der Waals surface area (Å²) in [5.74, 6) is 0. The quantitative estimate of drug-likeness (QED) is 0.469. The third-order valence-electron chi connectivity index (χ3n) is 1.36. The van der Waals surface area contributed by atoms with E-state index < -0.39 is 0 Å². The lowest BCUT2D eigenvalue weighted by Gasteiger charge is -2.28. The molecule has 0 aliphatic rings. The first-order chi connectivity index (χ1) is 4.59. The molecular formula is C7H16ClNSi. The van der Waals surface area contributed by atoms with E-state index in [-0.39, 0.29) is 0 Å². The van der Waals surface area contributed by atoms with E-state index in [1.807, 2.05) is 0 Å². The second-order valence-electron chi connectivity index (χ2n) is 2.89. The first-order valence-electron chi connectivity index (χ1n) is 3.67. The molecule has 2 radical (unpaired) electrons. The van der Waals surface area contributed by atoms with Gasteiger partial charge in [0.15, 0.2) is 9.68 Å². The van der Waals surface area contributed by atoms with Crippen LogP contribution >= 0.6 is 11.6 Å². The van der Waals surface area contributed by atoms with Crippen molar-refractivity contribution >= 4 is 21.3 Å². The van der Waals surface area contributed by atoms with Gasteiger partial charge >= 0.3 is 0 Å². The molecule has 0 aliphatic carbocycles. The van der Waals surface area contributed by atoms with Gasteiger partial charge in [0.1, 0.15) is 0 Å². The maximum absolute atomic E-state index is 5.66. The van der Waals surface area contributed by atoms with Gasteiger partial charge in [0.2, 0.25) is 0 Å². The number of hydrogen-bond acceptors (Lipinski definition) is 1. The van der Waals surface area contributed by atoms with E-state index in [1.54, 1.807) is 0 Å². The predicted molar refractivity (Wildman–Crippen MR) is 48.6 cm³/mol. The van der Waals surface area contributed by atoms with E-state index in [9.17, 15) is 0 Å². The van der Waals surface area contributed by atoms with Crippen LogP contribution in [-0.2, 0) is 0 Å². The summed E-state index contributed by atoms with van der Waals surface area (Å²) in [5, 5.41) is 0. The number of rotatable bonds is 4. The summed E-state index contributed by atoms with van der Waals surface area (Å²) in [6, 6.07) is 1.24. The van der Waals surface area contributed by atoms with E-state index in [4.69, 9.17) is 11.6 Å². The Morgan fingerprint density at radius 2 is 1.60 bits per heavy atom. The van der Waals surface area contributed by atoms with Crippen LogP contribution in [0.2, 0.25) is 0 Å². The van der Waals surface area contributed by atoms with Gasteiger partial charge < -0.3 is 4.57 Å². The maximum atomic E-state index is 5.66. The Labute approximate surface area is 71.6 Å². The molecule has 0 aromatic heterocycles. The molecule has 0 spiro atoms. The molecule has 0 saturated heterocycles. The summed E-state index contributed by atoms with van der Waals surface area (Å²) in [6.45, 7) is 8.83. The molecule has 0 N–H and O–H groups in total. The molecule has 3 heteroatoms. The van der Waals surface area contributed by atoms with E-state index in [0.717, 1.165) is 15.2 Å². The summed E-state index contributed by atoms with van der Waals surface area (Å²) >= 11 is 5.66. The number of halogens is 1. The Morgan fingerprint density at radius 1 is 1.20 bits per heavy atom. The van der Waals surface area contributed by atoms with Crippen LogP contribution in [0, 0.1) is 0 Å². The van der Waals surface area contributed by atoms with Crippen molar-refractivity contribution in [3.63, 3.8) is 0 Å². The number of alkyl halides is 1. The largest absolute Gasteiger partial charge is 0.320 e. The van der Waals surface area contributed by atoms with Crippen molar-refractivity contribution in [3.05, 3.63) is 0 Å². The molecule has 60 valence electrons. The van der Waals surface area contributed by atoms with Crippen molar-refractivity contribution in [1.82, 2.24) is 4.57 Å². The van der Waals surface area contributed by atoms with Crippen LogP contribution in [0.1, 0.15) is 27.7 Å². The molecular weight excluding hydrogens is 162 g/mol. The molecule has 0 aromatic rings. The average molecular weight is 178 g/mol. The van der Waals surface area contributed by atoms with Gasteiger partial charge in [-0.15, -0.1) is 11.6 Å². The van der Waals surface area contributed by atoms with Gasteiger partial charge in [-0.25, -0.2) is 0 Å². The van der Waals surface area contributed by atoms with Crippen LogP contribution < -0.4 is 0 Å². The monoisotopic (exact) mass is 177 g/mol. The van der Waals surface area contributed by atoms with Crippen molar-refractivity contribution in [3.8, 4) is 0 Å². The second kappa shape index (κ2) is 5.16. The van der Waals surface area contributed by atoms with Crippen molar-refractivity contribution in [2.75, 3.05) is 5.50 Å². The standard InChI is InChI=1S/C7H16ClNSi/c1-6(2)9(7(3)4)10-5-8/h6-7H,5H2,1-4H3. The summed E-state index contributed by atoms with van der Waals surface area (Å²) in [4.78, 5) is 0. The fourth-order valence-electron chi connectivity index (χ4n) is 1.03. The van der Waals surface area contributed by atoms with Gasteiger partial charge in [-0.2, -0.15) is 0 Å². The Bertz CT molecular complexity index is 77.7. The summed E-state index contributed by atoms with van der Waals surface area (Å²) in [6.07, 6.45) is 0. The molecule has 1 nitrogen and oxygen atoms in total. The topological polar surface area (TPSA) is 3.24 Å². The lowest BCUT2D eigenvalue weighted by molar-refractivity contribution is 0.313. The van der Waals surface area contributed by atoms with Gasteiger partial charge in [0.25, 0.3) is 0 Å². The summed E-state index contributed by atoms with van der Waals surface area (Å²) in [5.41, 5.74) is 0.760. The normalized spacial score (nSPS) is 12.0. The van der Waals surface area contributed by atoms with Crippen molar-refractivity contribution in [2.24, 2.45) is 0 Å². The van der Waals surface area contributed by atoms with Crippen LogP contribution in [0.3, 0.4) is 0 Å². The minimum absolute atomic E-state index is 0.622. The second-order valence-corrected chi connectivity index (χ2v) is 4.79. The highest BCUT2D eigenvalue weighted by Crippen LogP contribution is 2.02. The molecule has 0 rings (SSSR count). The van der Waals surface area contributed by atoms with E-state index >= 15 is 0 Å². The third kappa shape index (κ3) is 3.59. The predicted octanol–water partition coefficient (Wildman–Crippen LogP) is 1.92. The fraction of sp³-hybridized carbons (Fsp3) is 1.00. The molecule has 0 fully saturated rings. The van der Waals surface area contributed by atoms with Crippen LogP contribution in [0.4, 0.5) is 0 Å². The van der Waals surface area contributed by atoms with Crippen LogP contribution in [-0.4, -0.2) is 31.8 Å². The van der Waals surface area contributed by atoms with Crippen molar-refractivity contribution in [1.29, 1.82) is 0 Å². The van der Waals surface area contributed by atoms with Crippen LogP contribution in [0.15, 0.2) is 0 Å².